The van der Waals surface area contributed by atoms with E-state index in [0.29, 0.717) is 21.6 Å². The lowest BCUT2D eigenvalue weighted by molar-refractivity contribution is 0.195. The Hall–Kier alpha value is -2.97. The SMILES string of the molecule is CCc1ccc(N2c3cccc(-c4nc5c(F)cc(Br)cc5[nH]4)c3OCC2CO)nc1. The minimum Gasteiger partial charge on any atom is -0.488 e. The van der Waals surface area contributed by atoms with Gasteiger partial charge < -0.3 is 19.7 Å². The van der Waals surface area contributed by atoms with Crippen LogP contribution in [0.2, 0.25) is 0 Å². The van der Waals surface area contributed by atoms with Gasteiger partial charge in [0.2, 0.25) is 0 Å². The van der Waals surface area contributed by atoms with Gasteiger partial charge >= 0.3 is 0 Å². The number of anilines is 2. The highest BCUT2D eigenvalue weighted by Gasteiger charge is 2.31. The Morgan fingerprint density at radius 2 is 2.16 bits per heavy atom. The summed E-state index contributed by atoms with van der Waals surface area (Å²) in [6.45, 7) is 2.29. The molecule has 31 heavy (non-hydrogen) atoms. The normalized spacial score (nSPS) is 15.7. The van der Waals surface area contributed by atoms with Crippen LogP contribution >= 0.6 is 15.9 Å². The Kier molecular flexibility index (Phi) is 5.11. The molecule has 8 heteroatoms. The topological polar surface area (TPSA) is 74.3 Å². The predicted molar refractivity (Wildman–Crippen MR) is 121 cm³/mol. The molecule has 5 rings (SSSR count). The van der Waals surface area contributed by atoms with Gasteiger partial charge in [-0.1, -0.05) is 35.0 Å². The molecule has 0 aliphatic carbocycles. The van der Waals surface area contributed by atoms with E-state index in [1.807, 2.05) is 41.4 Å². The maximum atomic E-state index is 14.4. The second-order valence-corrected chi connectivity index (χ2v) is 8.33. The van der Waals surface area contributed by atoms with Crippen LogP contribution in [-0.2, 0) is 6.42 Å². The third kappa shape index (κ3) is 3.45. The molecule has 0 bridgehead atoms. The van der Waals surface area contributed by atoms with Crippen molar-refractivity contribution >= 4 is 38.5 Å². The Morgan fingerprint density at radius 1 is 1.29 bits per heavy atom. The van der Waals surface area contributed by atoms with Crippen molar-refractivity contribution in [2.75, 3.05) is 18.1 Å². The second-order valence-electron chi connectivity index (χ2n) is 7.42. The number of aliphatic hydroxyl groups excluding tert-OH is 1. The zero-order valence-electron chi connectivity index (χ0n) is 16.8. The Morgan fingerprint density at radius 3 is 2.90 bits per heavy atom. The molecule has 0 spiro atoms. The first-order valence-electron chi connectivity index (χ1n) is 10.0. The van der Waals surface area contributed by atoms with Gasteiger partial charge in [-0.3, -0.25) is 0 Å². The van der Waals surface area contributed by atoms with Crippen molar-refractivity contribution in [2.24, 2.45) is 0 Å². The monoisotopic (exact) mass is 482 g/mol. The number of halogens is 2. The van der Waals surface area contributed by atoms with Crippen molar-refractivity contribution in [1.29, 1.82) is 0 Å². The van der Waals surface area contributed by atoms with E-state index < -0.39 is 5.82 Å². The van der Waals surface area contributed by atoms with Gasteiger partial charge in [0.15, 0.2) is 11.6 Å². The number of hydrogen-bond donors (Lipinski definition) is 2. The number of rotatable bonds is 4. The maximum absolute atomic E-state index is 14.4. The van der Waals surface area contributed by atoms with Crippen molar-refractivity contribution in [1.82, 2.24) is 15.0 Å². The fraction of sp³-hybridized carbons (Fsp3) is 0.217. The van der Waals surface area contributed by atoms with Crippen molar-refractivity contribution in [3.63, 3.8) is 0 Å². The molecular formula is C23H20BrFN4O2. The molecule has 1 unspecified atom stereocenters. The number of aliphatic hydroxyl groups is 1. The molecular weight excluding hydrogens is 463 g/mol. The Labute approximate surface area is 186 Å². The number of H-pyrrole nitrogens is 1. The summed E-state index contributed by atoms with van der Waals surface area (Å²) < 4.78 is 21.1. The number of nitrogens with one attached hydrogen (secondary N) is 1. The number of aromatic amines is 1. The highest BCUT2D eigenvalue weighted by Crippen LogP contribution is 2.44. The summed E-state index contributed by atoms with van der Waals surface area (Å²) in [4.78, 5) is 14.3. The summed E-state index contributed by atoms with van der Waals surface area (Å²) in [5.74, 6) is 1.46. The number of para-hydroxylation sites is 1. The van der Waals surface area contributed by atoms with E-state index in [9.17, 15) is 9.50 Å². The lowest BCUT2D eigenvalue weighted by Gasteiger charge is -2.37. The second kappa shape index (κ2) is 7.94. The largest absolute Gasteiger partial charge is 0.488 e. The Bertz CT molecular complexity index is 1260. The number of ether oxygens (including phenoxy) is 1. The lowest BCUT2D eigenvalue weighted by atomic mass is 10.1. The molecule has 3 heterocycles. The van der Waals surface area contributed by atoms with Gasteiger partial charge in [0.25, 0.3) is 0 Å². The molecule has 4 aromatic rings. The van der Waals surface area contributed by atoms with E-state index in [2.05, 4.69) is 37.8 Å². The molecule has 0 amide bonds. The third-order valence-corrected chi connectivity index (χ3v) is 5.93. The van der Waals surface area contributed by atoms with Crippen LogP contribution in [-0.4, -0.2) is 39.3 Å². The van der Waals surface area contributed by atoms with E-state index in [4.69, 9.17) is 4.74 Å². The molecule has 1 atom stereocenters. The van der Waals surface area contributed by atoms with Gasteiger partial charge in [-0.15, -0.1) is 0 Å². The van der Waals surface area contributed by atoms with Crippen molar-refractivity contribution in [2.45, 2.75) is 19.4 Å². The molecule has 6 nitrogen and oxygen atoms in total. The fourth-order valence-corrected chi connectivity index (χ4v) is 4.32. The smallest absolute Gasteiger partial charge is 0.154 e. The molecule has 2 N–H and O–H groups in total. The number of pyridine rings is 1. The van der Waals surface area contributed by atoms with Gasteiger partial charge in [0.05, 0.1) is 29.4 Å². The minimum atomic E-state index is -0.403. The molecule has 2 aromatic carbocycles. The summed E-state index contributed by atoms with van der Waals surface area (Å²) in [7, 11) is 0. The quantitative estimate of drug-likeness (QED) is 0.429. The van der Waals surface area contributed by atoms with Gasteiger partial charge in [0.1, 0.15) is 23.8 Å². The first kappa shape index (κ1) is 20.0. The van der Waals surface area contributed by atoms with Crippen molar-refractivity contribution in [3.8, 4) is 17.1 Å². The van der Waals surface area contributed by atoms with Crippen LogP contribution in [0.5, 0.6) is 5.75 Å². The average Bonchev–Trinajstić information content (AvgIpc) is 3.22. The first-order valence-corrected chi connectivity index (χ1v) is 10.8. The summed E-state index contributed by atoms with van der Waals surface area (Å²) >= 11 is 3.32. The van der Waals surface area contributed by atoms with Crippen molar-refractivity contribution in [3.05, 3.63) is 64.5 Å². The number of fused-ring (bicyclic) bond motifs is 2. The summed E-state index contributed by atoms with van der Waals surface area (Å²) in [6.07, 6.45) is 2.75. The van der Waals surface area contributed by atoms with Crippen molar-refractivity contribution < 1.29 is 14.2 Å². The Balaban J connectivity index is 1.64. The zero-order valence-corrected chi connectivity index (χ0v) is 18.4. The fourth-order valence-electron chi connectivity index (χ4n) is 3.89. The van der Waals surface area contributed by atoms with Crippen LogP contribution < -0.4 is 9.64 Å². The van der Waals surface area contributed by atoms with Crippen LogP contribution in [0.25, 0.3) is 22.4 Å². The zero-order chi connectivity index (χ0) is 21.5. The van der Waals surface area contributed by atoms with Gasteiger partial charge in [-0.2, -0.15) is 0 Å². The summed E-state index contributed by atoms with van der Waals surface area (Å²) in [5.41, 5.74) is 3.50. The predicted octanol–water partition coefficient (Wildman–Crippen LogP) is 4.98. The molecule has 0 fully saturated rings. The number of benzene rings is 2. The van der Waals surface area contributed by atoms with E-state index in [1.165, 1.54) is 6.07 Å². The number of imidazole rings is 1. The lowest BCUT2D eigenvalue weighted by Crippen LogP contribution is -2.43. The summed E-state index contributed by atoms with van der Waals surface area (Å²) in [6, 6.07) is 12.6. The van der Waals surface area contributed by atoms with Gasteiger partial charge in [-0.05, 0) is 42.3 Å². The van der Waals surface area contributed by atoms with E-state index >= 15 is 0 Å². The highest BCUT2D eigenvalue weighted by molar-refractivity contribution is 9.10. The van der Waals surface area contributed by atoms with Gasteiger partial charge in [-0.25, -0.2) is 14.4 Å². The molecule has 158 valence electrons. The highest BCUT2D eigenvalue weighted by atomic mass is 79.9. The van der Waals surface area contributed by atoms with Gasteiger partial charge in [0, 0.05) is 10.7 Å². The standard InChI is InChI=1S/C23H20BrFN4O2/c1-2-13-6-7-20(26-10-13)29-15(11-30)12-31-22-16(4-3-5-19(22)29)23-27-18-9-14(24)8-17(25)21(18)28-23/h3-10,15,30H,2,11-12H2,1H3,(H,27,28). The molecule has 1 aliphatic heterocycles. The van der Waals surface area contributed by atoms with Crippen LogP contribution in [0, 0.1) is 5.82 Å². The molecule has 0 saturated heterocycles. The average molecular weight is 483 g/mol. The van der Waals surface area contributed by atoms with E-state index in [1.54, 1.807) is 6.07 Å². The maximum Gasteiger partial charge on any atom is 0.154 e. The first-order chi connectivity index (χ1) is 15.1. The summed E-state index contributed by atoms with van der Waals surface area (Å²) in [5, 5.41) is 9.97. The molecule has 2 aromatic heterocycles. The van der Waals surface area contributed by atoms with Crippen LogP contribution in [0.4, 0.5) is 15.9 Å². The van der Waals surface area contributed by atoms with E-state index in [-0.39, 0.29) is 24.8 Å². The molecule has 0 saturated carbocycles. The van der Waals surface area contributed by atoms with Crippen LogP contribution in [0.15, 0.2) is 53.1 Å². The number of hydrogen-bond acceptors (Lipinski definition) is 5. The van der Waals surface area contributed by atoms with E-state index in [0.717, 1.165) is 29.1 Å². The number of aromatic nitrogens is 3. The number of nitrogens with zero attached hydrogens (tertiary/aromatic N) is 3. The number of aryl methyl sites for hydroxylation is 1. The van der Waals surface area contributed by atoms with Crippen LogP contribution in [0.1, 0.15) is 12.5 Å². The molecule has 1 aliphatic rings. The van der Waals surface area contributed by atoms with Crippen LogP contribution in [0.3, 0.4) is 0 Å². The minimum absolute atomic E-state index is 0.0786. The third-order valence-electron chi connectivity index (χ3n) is 5.47. The molecule has 0 radical (unpaired) electrons.